The van der Waals surface area contributed by atoms with Crippen molar-refractivity contribution in [2.24, 2.45) is 0 Å². The largest absolute Gasteiger partial charge is 0.469 e. The smallest absolute Gasteiger partial charge is 0.305 e. The molecule has 1 saturated heterocycles. The van der Waals surface area contributed by atoms with Gasteiger partial charge in [0.25, 0.3) is 0 Å². The second kappa shape index (κ2) is 6.09. The zero-order valence-corrected chi connectivity index (χ0v) is 9.25. The Hall–Kier alpha value is -1.59. The van der Waals surface area contributed by atoms with Crippen molar-refractivity contribution in [3.05, 3.63) is 0 Å². The lowest BCUT2D eigenvalue weighted by Gasteiger charge is -2.10. The Kier molecular flexibility index (Phi) is 4.75. The molecule has 0 spiro atoms. The van der Waals surface area contributed by atoms with Crippen LogP contribution in [0.15, 0.2) is 0 Å². The number of hydrogen-bond donors (Lipinski definition) is 2. The van der Waals surface area contributed by atoms with Crippen LogP contribution in [0.1, 0.15) is 25.7 Å². The Morgan fingerprint density at radius 1 is 1.56 bits per heavy atom. The minimum atomic E-state index is -0.411. The first-order valence-electron chi connectivity index (χ1n) is 5.27. The number of amides is 2. The Morgan fingerprint density at radius 2 is 2.31 bits per heavy atom. The molecule has 0 aromatic heterocycles. The normalized spacial score (nSPS) is 19.1. The van der Waals surface area contributed by atoms with Gasteiger partial charge in [-0.3, -0.25) is 14.4 Å². The molecule has 16 heavy (non-hydrogen) atoms. The van der Waals surface area contributed by atoms with E-state index in [0.717, 1.165) is 0 Å². The summed E-state index contributed by atoms with van der Waals surface area (Å²) in [7, 11) is 1.33. The number of rotatable bonds is 5. The maximum Gasteiger partial charge on any atom is 0.305 e. The minimum absolute atomic E-state index is 0.0882. The third kappa shape index (κ3) is 3.88. The second-order valence-corrected chi connectivity index (χ2v) is 3.63. The Bertz CT molecular complexity index is 291. The molecule has 2 amide bonds. The van der Waals surface area contributed by atoms with Crippen LogP contribution in [0.25, 0.3) is 0 Å². The maximum absolute atomic E-state index is 11.5. The topological polar surface area (TPSA) is 84.5 Å². The van der Waals surface area contributed by atoms with E-state index in [1.54, 1.807) is 0 Å². The Labute approximate surface area is 93.7 Å². The van der Waals surface area contributed by atoms with E-state index in [9.17, 15) is 14.4 Å². The van der Waals surface area contributed by atoms with Gasteiger partial charge in [-0.25, -0.2) is 0 Å². The molecule has 0 radical (unpaired) electrons. The van der Waals surface area contributed by atoms with Crippen LogP contribution in [0, 0.1) is 0 Å². The van der Waals surface area contributed by atoms with Crippen molar-refractivity contribution in [1.82, 2.24) is 10.6 Å². The van der Waals surface area contributed by atoms with Crippen molar-refractivity contribution in [1.29, 1.82) is 0 Å². The molecule has 6 nitrogen and oxygen atoms in total. The van der Waals surface area contributed by atoms with Gasteiger partial charge in [-0.05, 0) is 12.8 Å². The average Bonchev–Trinajstić information content (AvgIpc) is 2.70. The van der Waals surface area contributed by atoms with Crippen LogP contribution < -0.4 is 10.6 Å². The van der Waals surface area contributed by atoms with Gasteiger partial charge in [-0.1, -0.05) is 0 Å². The van der Waals surface area contributed by atoms with E-state index in [-0.39, 0.29) is 24.2 Å². The third-order valence-electron chi connectivity index (χ3n) is 2.40. The first-order chi connectivity index (χ1) is 7.63. The fraction of sp³-hybridized carbons (Fsp3) is 0.700. The van der Waals surface area contributed by atoms with Gasteiger partial charge in [-0.2, -0.15) is 0 Å². The minimum Gasteiger partial charge on any atom is -0.469 e. The number of carbonyl (C=O) groups is 3. The predicted molar refractivity (Wildman–Crippen MR) is 55.4 cm³/mol. The molecule has 1 rings (SSSR count). The molecule has 1 unspecified atom stereocenters. The molecule has 1 atom stereocenters. The zero-order valence-electron chi connectivity index (χ0n) is 9.25. The second-order valence-electron chi connectivity index (χ2n) is 3.63. The zero-order chi connectivity index (χ0) is 12.0. The van der Waals surface area contributed by atoms with E-state index in [1.165, 1.54) is 7.11 Å². The summed E-state index contributed by atoms with van der Waals surface area (Å²) in [5.41, 5.74) is 0. The number of ether oxygens (including phenoxy) is 1. The molecule has 1 aliphatic rings. The predicted octanol–water partition coefficient (Wildman–Crippen LogP) is -0.666. The molecule has 0 saturated carbocycles. The number of esters is 1. The number of carbonyl (C=O) groups excluding carboxylic acids is 3. The van der Waals surface area contributed by atoms with Crippen molar-refractivity contribution < 1.29 is 19.1 Å². The van der Waals surface area contributed by atoms with Crippen molar-refractivity contribution >= 4 is 17.8 Å². The third-order valence-corrected chi connectivity index (χ3v) is 2.40. The highest BCUT2D eigenvalue weighted by Gasteiger charge is 2.26. The van der Waals surface area contributed by atoms with Gasteiger partial charge in [0.2, 0.25) is 11.8 Å². The lowest BCUT2D eigenvalue weighted by atomic mass is 10.2. The van der Waals surface area contributed by atoms with Crippen LogP contribution in [0.5, 0.6) is 0 Å². The highest BCUT2D eigenvalue weighted by molar-refractivity contribution is 5.90. The van der Waals surface area contributed by atoms with Gasteiger partial charge < -0.3 is 15.4 Å². The highest BCUT2D eigenvalue weighted by Crippen LogP contribution is 2.06. The summed E-state index contributed by atoms with van der Waals surface area (Å²) < 4.78 is 4.46. The fourth-order valence-electron chi connectivity index (χ4n) is 1.48. The number of hydrogen-bond acceptors (Lipinski definition) is 4. The molecule has 90 valence electrons. The fourth-order valence-corrected chi connectivity index (χ4v) is 1.48. The number of nitrogens with one attached hydrogen (secondary N) is 2. The SMILES string of the molecule is COC(=O)CCCNC(=O)C1CCC(=O)N1. The quantitative estimate of drug-likeness (QED) is 0.483. The first kappa shape index (κ1) is 12.5. The van der Waals surface area contributed by atoms with Crippen LogP contribution in [0.3, 0.4) is 0 Å². The van der Waals surface area contributed by atoms with Gasteiger partial charge in [0.05, 0.1) is 7.11 Å². The summed E-state index contributed by atoms with van der Waals surface area (Å²) >= 11 is 0. The van der Waals surface area contributed by atoms with Crippen molar-refractivity contribution in [2.45, 2.75) is 31.7 Å². The Morgan fingerprint density at radius 3 is 2.88 bits per heavy atom. The van der Waals surface area contributed by atoms with E-state index in [0.29, 0.717) is 25.8 Å². The van der Waals surface area contributed by atoms with E-state index < -0.39 is 6.04 Å². The molecular weight excluding hydrogens is 212 g/mol. The van der Waals surface area contributed by atoms with Gasteiger partial charge in [0.1, 0.15) is 6.04 Å². The van der Waals surface area contributed by atoms with E-state index >= 15 is 0 Å². The molecule has 1 aliphatic heterocycles. The van der Waals surface area contributed by atoms with Gasteiger partial charge in [0, 0.05) is 19.4 Å². The molecule has 2 N–H and O–H groups in total. The van der Waals surface area contributed by atoms with Gasteiger partial charge >= 0.3 is 5.97 Å². The van der Waals surface area contributed by atoms with Crippen LogP contribution in [0.2, 0.25) is 0 Å². The summed E-state index contributed by atoms with van der Waals surface area (Å²) in [4.78, 5) is 33.1. The van der Waals surface area contributed by atoms with Crippen molar-refractivity contribution in [3.63, 3.8) is 0 Å². The van der Waals surface area contributed by atoms with Crippen molar-refractivity contribution in [3.8, 4) is 0 Å². The standard InChI is InChI=1S/C10H16N2O4/c1-16-9(14)3-2-6-11-10(15)7-4-5-8(13)12-7/h7H,2-6H2,1H3,(H,11,15)(H,12,13). The summed E-state index contributed by atoms with van der Waals surface area (Å²) in [5.74, 6) is -0.561. The van der Waals surface area contributed by atoms with Gasteiger partial charge in [0.15, 0.2) is 0 Å². The molecule has 0 bridgehead atoms. The highest BCUT2D eigenvalue weighted by atomic mass is 16.5. The van der Waals surface area contributed by atoms with Crippen LogP contribution in [-0.4, -0.2) is 37.5 Å². The number of methoxy groups -OCH3 is 1. The van der Waals surface area contributed by atoms with Crippen LogP contribution >= 0.6 is 0 Å². The monoisotopic (exact) mass is 228 g/mol. The lowest BCUT2D eigenvalue weighted by Crippen LogP contribution is -2.41. The lowest BCUT2D eigenvalue weighted by molar-refractivity contribution is -0.140. The molecule has 1 heterocycles. The maximum atomic E-state index is 11.5. The van der Waals surface area contributed by atoms with Crippen molar-refractivity contribution in [2.75, 3.05) is 13.7 Å². The average molecular weight is 228 g/mol. The van der Waals surface area contributed by atoms with Gasteiger partial charge in [-0.15, -0.1) is 0 Å². The molecule has 0 aromatic rings. The summed E-state index contributed by atoms with van der Waals surface area (Å²) in [6.07, 6.45) is 1.77. The molecule has 0 aromatic carbocycles. The van der Waals surface area contributed by atoms with Crippen LogP contribution in [-0.2, 0) is 19.1 Å². The summed E-state index contributed by atoms with van der Waals surface area (Å²) in [6, 6.07) is -0.411. The van der Waals surface area contributed by atoms with E-state index in [2.05, 4.69) is 15.4 Å². The van der Waals surface area contributed by atoms with E-state index in [1.807, 2.05) is 0 Å². The van der Waals surface area contributed by atoms with E-state index in [4.69, 9.17) is 0 Å². The molecule has 1 fully saturated rings. The molecule has 6 heteroatoms. The summed E-state index contributed by atoms with van der Waals surface area (Å²) in [6.45, 7) is 0.417. The molecular formula is C10H16N2O4. The molecule has 0 aliphatic carbocycles. The summed E-state index contributed by atoms with van der Waals surface area (Å²) in [5, 5.41) is 5.24. The Balaban J connectivity index is 2.11. The van der Waals surface area contributed by atoms with Crippen LogP contribution in [0.4, 0.5) is 0 Å². The first-order valence-corrected chi connectivity index (χ1v) is 5.27.